The molecule has 4 rings (SSSR count). The maximum atomic E-state index is 13.2. The molecule has 7 nitrogen and oxygen atoms in total. The van der Waals surface area contributed by atoms with Crippen molar-refractivity contribution in [3.8, 4) is 11.4 Å². The van der Waals surface area contributed by atoms with Gasteiger partial charge in [-0.2, -0.15) is 0 Å². The van der Waals surface area contributed by atoms with Gasteiger partial charge in [-0.3, -0.25) is 19.4 Å². The molecule has 154 valence electrons. The molecule has 0 bridgehead atoms. The van der Waals surface area contributed by atoms with E-state index in [1.807, 2.05) is 19.9 Å². The normalized spacial score (nSPS) is 17.0. The topological polar surface area (TPSA) is 87.5 Å². The van der Waals surface area contributed by atoms with Crippen molar-refractivity contribution < 1.29 is 19.1 Å². The number of carbonyl (C=O) groups is 2. The molecule has 0 aliphatic carbocycles. The zero-order valence-corrected chi connectivity index (χ0v) is 17.2. The molecule has 1 atom stereocenters. The van der Waals surface area contributed by atoms with E-state index in [9.17, 15) is 14.4 Å². The molecule has 0 radical (unpaired) electrons. The maximum Gasteiger partial charge on any atom is 0.313 e. The molecule has 0 unspecified atom stereocenters. The fourth-order valence-corrected chi connectivity index (χ4v) is 4.28. The van der Waals surface area contributed by atoms with Gasteiger partial charge in [-0.1, -0.05) is 13.5 Å². The Kier molecular flexibility index (Phi) is 4.89. The van der Waals surface area contributed by atoms with Crippen LogP contribution in [-0.4, -0.2) is 22.0 Å². The van der Waals surface area contributed by atoms with Crippen LogP contribution in [0.1, 0.15) is 53.3 Å². The van der Waals surface area contributed by atoms with Crippen LogP contribution in [0, 0.1) is 6.92 Å². The number of esters is 1. The minimum absolute atomic E-state index is 0.000767. The number of nitrogens with zero attached hydrogens (tertiary/aromatic N) is 2. The fourth-order valence-electron chi connectivity index (χ4n) is 4.28. The van der Waals surface area contributed by atoms with Gasteiger partial charge in [0.2, 0.25) is 0 Å². The highest BCUT2D eigenvalue weighted by atomic mass is 16.5. The Morgan fingerprint density at radius 3 is 2.83 bits per heavy atom. The quantitative estimate of drug-likeness (QED) is 0.280. The molecule has 30 heavy (non-hydrogen) atoms. The molecule has 0 saturated carbocycles. The summed E-state index contributed by atoms with van der Waals surface area (Å²) in [4.78, 5) is 40.7. The summed E-state index contributed by atoms with van der Waals surface area (Å²) < 4.78 is 11.8. The summed E-state index contributed by atoms with van der Waals surface area (Å²) in [7, 11) is 0. The molecule has 2 aliphatic rings. The number of ether oxygens (including phenoxy) is 2. The number of fused-ring (bicyclic) bond motifs is 4. The molecule has 2 aromatic heterocycles. The third-order valence-electron chi connectivity index (χ3n) is 5.84. The summed E-state index contributed by atoms with van der Waals surface area (Å²) >= 11 is 0. The highest BCUT2D eigenvalue weighted by Gasteiger charge is 2.33. The lowest BCUT2D eigenvalue weighted by molar-refractivity contribution is -0.147. The number of aromatic nitrogens is 2. The number of rotatable bonds is 5. The lowest BCUT2D eigenvalue weighted by atomic mass is 9.93. The number of aryl methyl sites for hydroxylation is 1. The van der Waals surface area contributed by atoms with Gasteiger partial charge in [0.15, 0.2) is 0 Å². The van der Waals surface area contributed by atoms with E-state index in [1.165, 1.54) is 6.08 Å². The van der Waals surface area contributed by atoms with E-state index in [4.69, 9.17) is 14.5 Å². The van der Waals surface area contributed by atoms with Gasteiger partial charge in [0.1, 0.15) is 12.4 Å². The van der Waals surface area contributed by atoms with Crippen molar-refractivity contribution >= 4 is 18.5 Å². The van der Waals surface area contributed by atoms with Crippen LogP contribution < -0.4 is 5.56 Å². The van der Waals surface area contributed by atoms with Crippen LogP contribution in [0.4, 0.5) is 0 Å². The van der Waals surface area contributed by atoms with Crippen LogP contribution in [0.25, 0.3) is 17.5 Å². The van der Waals surface area contributed by atoms with Crippen LogP contribution in [0.15, 0.2) is 29.3 Å². The Hall–Kier alpha value is -3.48. The number of hydrogen-bond acceptors (Lipinski definition) is 6. The molecule has 0 spiro atoms. The van der Waals surface area contributed by atoms with Crippen LogP contribution in [-0.2, 0) is 38.6 Å². The van der Waals surface area contributed by atoms with E-state index in [1.54, 1.807) is 17.6 Å². The van der Waals surface area contributed by atoms with Gasteiger partial charge < -0.3 is 14.0 Å². The van der Waals surface area contributed by atoms with Gasteiger partial charge in [0, 0.05) is 16.8 Å². The average molecular weight is 406 g/mol. The Bertz CT molecular complexity index is 1190. The van der Waals surface area contributed by atoms with Crippen molar-refractivity contribution in [2.75, 3.05) is 0 Å². The van der Waals surface area contributed by atoms with Gasteiger partial charge in [-0.25, -0.2) is 0 Å². The summed E-state index contributed by atoms with van der Waals surface area (Å²) in [5.41, 5.74) is 6.17. The third-order valence-corrected chi connectivity index (χ3v) is 5.84. The highest BCUT2D eigenvalue weighted by molar-refractivity contribution is 5.81. The molecular weight excluding hydrogens is 384 g/mol. The summed E-state index contributed by atoms with van der Waals surface area (Å²) in [5.74, 6) is -0.478. The lowest BCUT2D eigenvalue weighted by Crippen LogP contribution is -2.31. The van der Waals surface area contributed by atoms with Crippen molar-refractivity contribution in [3.63, 3.8) is 0 Å². The van der Waals surface area contributed by atoms with E-state index in [-0.39, 0.29) is 18.1 Å². The van der Waals surface area contributed by atoms with Gasteiger partial charge in [0.05, 0.1) is 29.4 Å². The second-order valence-electron chi connectivity index (χ2n) is 7.42. The molecule has 2 aliphatic heterocycles. The predicted octanol–water partition coefficient (Wildman–Crippen LogP) is 3.00. The van der Waals surface area contributed by atoms with Crippen molar-refractivity contribution in [1.82, 2.24) is 9.55 Å². The first-order valence-electron chi connectivity index (χ1n) is 9.81. The molecular formula is C23H22N2O5. The monoisotopic (exact) mass is 406 g/mol. The van der Waals surface area contributed by atoms with E-state index >= 15 is 0 Å². The van der Waals surface area contributed by atoms with Crippen LogP contribution in [0.2, 0.25) is 0 Å². The molecule has 0 aromatic carbocycles. The smallest absolute Gasteiger partial charge is 0.313 e. The molecule has 0 N–H and O–H groups in total. The summed E-state index contributed by atoms with van der Waals surface area (Å²) in [6.45, 7) is 10.1. The second-order valence-corrected chi connectivity index (χ2v) is 7.42. The van der Waals surface area contributed by atoms with Crippen molar-refractivity contribution in [2.24, 2.45) is 0 Å². The van der Waals surface area contributed by atoms with Gasteiger partial charge in [0.25, 0.3) is 12.0 Å². The highest BCUT2D eigenvalue weighted by Crippen LogP contribution is 2.38. The zero-order valence-electron chi connectivity index (χ0n) is 17.2. The standard InChI is InChI=1S/C23H22N2O5/c1-5-14(30-11-26)7-17-13(4)24-21-18(15(17)6-2)9-25-20(21)8-16-12(3)23(28)29-10-19(16)22(25)27/h5,7-8,11-12H,1,6,9-10H2,2-4H3/b14-7+/t12-/m0/s1. The lowest BCUT2D eigenvalue weighted by Gasteiger charge is -2.22. The minimum atomic E-state index is -0.485. The fraction of sp³-hybridized carbons (Fsp3) is 0.304. The summed E-state index contributed by atoms with van der Waals surface area (Å²) in [6, 6.07) is 1.90. The van der Waals surface area contributed by atoms with Crippen molar-refractivity contribution in [3.05, 3.63) is 68.3 Å². The van der Waals surface area contributed by atoms with E-state index in [0.717, 1.165) is 33.8 Å². The van der Waals surface area contributed by atoms with E-state index in [2.05, 4.69) is 6.58 Å². The average Bonchev–Trinajstić information content (AvgIpc) is 3.09. The summed E-state index contributed by atoms with van der Waals surface area (Å²) in [6.07, 6.45) is 3.92. The number of hydrogen-bond donors (Lipinski definition) is 0. The van der Waals surface area contributed by atoms with Gasteiger partial charge in [-0.15, -0.1) is 0 Å². The molecule has 7 heteroatoms. The van der Waals surface area contributed by atoms with Gasteiger partial charge in [-0.05, 0) is 49.6 Å². The molecule has 0 saturated heterocycles. The first-order chi connectivity index (χ1) is 14.4. The van der Waals surface area contributed by atoms with Crippen molar-refractivity contribution in [1.29, 1.82) is 0 Å². The first kappa shape index (κ1) is 19.8. The Morgan fingerprint density at radius 2 is 2.17 bits per heavy atom. The van der Waals surface area contributed by atoms with Gasteiger partial charge >= 0.3 is 5.97 Å². The number of allylic oxidation sites excluding steroid dienone is 1. The van der Waals surface area contributed by atoms with Crippen LogP contribution in [0.3, 0.4) is 0 Å². The SMILES string of the molecule is C=C/C(=C\c1c(C)nc2c(c1CC)Cn1c-2cc2c(c1=O)COC(=O)[C@H]2C)OC=O. The predicted molar refractivity (Wildman–Crippen MR) is 111 cm³/mol. The zero-order chi connectivity index (χ0) is 21.6. The number of cyclic esters (lactones) is 1. The Labute approximate surface area is 173 Å². The van der Waals surface area contributed by atoms with Crippen LogP contribution in [0.5, 0.6) is 0 Å². The number of carbonyl (C=O) groups excluding carboxylic acids is 2. The Balaban J connectivity index is 1.94. The first-order valence-corrected chi connectivity index (χ1v) is 9.81. The van der Waals surface area contributed by atoms with Crippen molar-refractivity contribution in [2.45, 2.75) is 46.3 Å². The largest absolute Gasteiger partial charge is 0.460 e. The summed E-state index contributed by atoms with van der Waals surface area (Å²) in [5, 5.41) is 0. The minimum Gasteiger partial charge on any atom is -0.460 e. The Morgan fingerprint density at radius 1 is 1.40 bits per heavy atom. The maximum absolute atomic E-state index is 13.2. The van der Waals surface area contributed by atoms with E-state index < -0.39 is 5.92 Å². The molecule has 0 amide bonds. The van der Waals surface area contributed by atoms with Crippen LogP contribution >= 0.6 is 0 Å². The molecule has 0 fully saturated rings. The third kappa shape index (κ3) is 2.89. The second kappa shape index (κ2) is 7.40. The van der Waals surface area contributed by atoms with E-state index in [0.29, 0.717) is 36.3 Å². The molecule has 2 aromatic rings. The number of pyridine rings is 2. The molecule has 4 heterocycles.